The molecule has 8 heteroatoms. The molecule has 4 heterocycles. The number of fused-ring (bicyclic) bond motifs is 9. The molecule has 0 unspecified atom stereocenters. The monoisotopic (exact) mass is 1240 g/mol. The van der Waals surface area contributed by atoms with E-state index in [4.69, 9.17) is 17.9 Å². The molecule has 12 aromatic rings. The number of benzene rings is 10. The Morgan fingerprint density at radius 2 is 1.15 bits per heavy atom. The van der Waals surface area contributed by atoms with Crippen LogP contribution in [0.15, 0.2) is 242 Å². The molecule has 6 nitrogen and oxygen atoms in total. The zero-order chi connectivity index (χ0) is 70.3. The van der Waals surface area contributed by atoms with E-state index in [1.165, 1.54) is 12.1 Å². The average Bonchev–Trinajstić information content (AvgIpc) is 1.63. The Labute approximate surface area is 510 Å². The van der Waals surface area contributed by atoms with Gasteiger partial charge in [-0.2, -0.15) is 0 Å². The van der Waals surface area contributed by atoms with Gasteiger partial charge in [-0.25, -0.2) is 0 Å². The predicted molar refractivity (Wildman–Crippen MR) is 333 cm³/mol. The summed E-state index contributed by atoms with van der Waals surface area (Å²) in [6.07, 6.45) is -1.95. The van der Waals surface area contributed by atoms with E-state index in [0.717, 1.165) is 11.1 Å². The van der Waals surface area contributed by atoms with Crippen LogP contribution in [0.4, 0.5) is 22.9 Å². The van der Waals surface area contributed by atoms with Crippen molar-refractivity contribution in [1.82, 2.24) is 14.1 Å². The Morgan fingerprint density at radius 1 is 0.556 bits per heavy atom. The van der Waals surface area contributed by atoms with Gasteiger partial charge in [-0.15, -0.1) is 0 Å². The number of aromatic nitrogens is 3. The van der Waals surface area contributed by atoms with Gasteiger partial charge in [0, 0.05) is 9.80 Å². The first kappa shape index (κ1) is 34.2. The van der Waals surface area contributed by atoms with Crippen LogP contribution in [-0.2, 0) is 25.7 Å². The van der Waals surface area contributed by atoms with Crippen molar-refractivity contribution in [3.05, 3.63) is 269 Å². The van der Waals surface area contributed by atoms with E-state index in [9.17, 15) is 16.4 Å². The van der Waals surface area contributed by atoms with Gasteiger partial charge < -0.3 is 0 Å². The van der Waals surface area contributed by atoms with E-state index in [0.29, 0.717) is 59.9 Å². The number of hydrogen-bond donors (Lipinski definition) is 0. The topological polar surface area (TPSA) is 38.5 Å². The number of aryl methyl sites for hydroxylation is 1. The standard InChI is InChI=1S/C73H58BN5O.Pt/c1-48(2)42-52-44-61(55-35-32-49(3)33-36-55)71(62(45-52)56-39-37-54(38-40-56)53-20-9-6-10-21-53)77-47-76(65-28-15-16-29-66(65)77)59-26-19-27-60(46-59)80-73-69(57-22-11-7-12-23-57)51(5)70-63-43-50(4)34-41-64(63)74-78(58-24-13-8-14-25-58)67-30-17-18-31-68(67)79(74)72(70)75-73;/h6-41,43-46,48H,42H2,1-5H3;/i3D3,4D3,5D3,15D,16D,28D,29D,34D,41D,42D2,43D;. The van der Waals surface area contributed by atoms with Crippen LogP contribution >= 0.6 is 0 Å². The van der Waals surface area contributed by atoms with Crippen molar-refractivity contribution in [2.24, 2.45) is 5.92 Å². The fourth-order valence-corrected chi connectivity index (χ4v) is 12.4. The molecule has 0 aliphatic carbocycles. The zero-order valence-electron chi connectivity index (χ0n) is 61.7. The van der Waals surface area contributed by atoms with Gasteiger partial charge in [-0.05, 0) is 25.1 Å². The van der Waals surface area contributed by atoms with Crippen molar-refractivity contribution in [3.63, 3.8) is 0 Å². The molecule has 2 aliphatic rings. The van der Waals surface area contributed by atoms with Crippen LogP contribution in [0.3, 0.4) is 0 Å². The summed E-state index contributed by atoms with van der Waals surface area (Å²) >= 11 is 2.07. The van der Waals surface area contributed by atoms with Crippen molar-refractivity contribution >= 4 is 46.4 Å². The van der Waals surface area contributed by atoms with E-state index < -0.39 is 87.7 Å². The summed E-state index contributed by atoms with van der Waals surface area (Å²) in [7, 11) is 0. The summed E-state index contributed by atoms with van der Waals surface area (Å²) in [5.41, 5.74) is 5.38. The summed E-state index contributed by atoms with van der Waals surface area (Å²) in [6.45, 7) is -6.27. The molecule has 14 rings (SSSR count). The van der Waals surface area contributed by atoms with E-state index in [-0.39, 0.29) is 67.4 Å². The molecular formula is C73H58BN5OPt. The third kappa shape index (κ3) is 8.79. The SMILES string of the molecule is [2H]c1c([2H])c(C([2H])([2H])[2H])c([2H])c2c1B1N(c3ccccc3)c3ccccc3N1c1nc(Oc3cccc(-n4[c](=[Pt])n(-c5c(-c6ccc(-c7ccccc7)cc6)cc(C([2H])([2H])C(C)C)cc5-c5ccc(C([2H])([2H])[2H])cc5)c5c([2H])c([2H])c([2H])c([2H])c54)c3)c(-c3ccccc3)c(C([2H])([2H])[2H])c1-2. The van der Waals surface area contributed by atoms with Crippen LogP contribution in [0.5, 0.6) is 11.6 Å². The fourth-order valence-electron chi connectivity index (χ4n) is 11.3. The molecule has 0 atom stereocenters. The van der Waals surface area contributed by atoms with Gasteiger partial charge in [0.2, 0.25) is 0 Å². The van der Waals surface area contributed by atoms with Gasteiger partial charge in [0.05, 0.1) is 4.11 Å². The first-order valence-electron chi connectivity index (χ1n) is 35.4. The average molecular weight is 1250 g/mol. The summed E-state index contributed by atoms with van der Waals surface area (Å²) in [5, 5.41) is 0. The second-order valence-corrected chi connectivity index (χ2v) is 21.2. The second-order valence-electron chi connectivity index (χ2n) is 20.2. The van der Waals surface area contributed by atoms with Crippen LogP contribution in [-0.4, -0.2) is 21.1 Å². The molecule has 0 N–H and O–H groups in total. The number of nitrogens with zero attached hydrogens (tertiary/aromatic N) is 5. The number of ether oxygens (including phenoxy) is 1. The van der Waals surface area contributed by atoms with Gasteiger partial charge in [0.15, 0.2) is 0 Å². The summed E-state index contributed by atoms with van der Waals surface area (Å²) in [6, 6.07) is 55.0. The Bertz CT molecular complexity index is 5320. The van der Waals surface area contributed by atoms with Gasteiger partial charge in [0.1, 0.15) is 0 Å². The number of hydrogen-bond acceptors (Lipinski definition) is 4. The van der Waals surface area contributed by atoms with Crippen molar-refractivity contribution in [1.29, 1.82) is 0 Å². The molecule has 0 bridgehead atoms. The predicted octanol–water partition coefficient (Wildman–Crippen LogP) is 18.1. The van der Waals surface area contributed by atoms with Crippen molar-refractivity contribution in [2.75, 3.05) is 9.62 Å². The molecule has 0 saturated carbocycles. The maximum absolute atomic E-state index is 9.93. The zero-order valence-corrected chi connectivity index (χ0v) is 45.9. The third-order valence-corrected chi connectivity index (χ3v) is 15.7. The Balaban J connectivity index is 1.05. The molecular weight excluding hydrogens is 1170 g/mol. The van der Waals surface area contributed by atoms with Gasteiger partial charge in [-0.3, -0.25) is 0 Å². The summed E-state index contributed by atoms with van der Waals surface area (Å²) in [5.74, 6) is -0.777. The molecule has 81 heavy (non-hydrogen) atoms. The molecule has 0 amide bonds. The van der Waals surface area contributed by atoms with Crippen LogP contribution in [0.1, 0.15) is 60.8 Å². The molecule has 2 aliphatic heterocycles. The van der Waals surface area contributed by atoms with Gasteiger partial charge in [-0.1, -0.05) is 48.0 Å². The van der Waals surface area contributed by atoms with E-state index in [2.05, 4.69) is 19.4 Å². The number of imidazole rings is 1. The van der Waals surface area contributed by atoms with Crippen LogP contribution in [0.25, 0.3) is 78.0 Å². The van der Waals surface area contributed by atoms with E-state index in [1.54, 1.807) is 119 Å². The molecule has 0 radical (unpaired) electrons. The number of para-hydroxylation sites is 5. The van der Waals surface area contributed by atoms with Crippen LogP contribution in [0.2, 0.25) is 0 Å². The Morgan fingerprint density at radius 3 is 1.81 bits per heavy atom. The van der Waals surface area contributed by atoms with Crippen LogP contribution < -0.4 is 19.8 Å². The Hall–Kier alpha value is -9.03. The van der Waals surface area contributed by atoms with E-state index in [1.807, 2.05) is 102 Å². The number of pyridine rings is 1. The molecule has 394 valence electrons. The first-order valence-corrected chi connectivity index (χ1v) is 27.6. The maximum atomic E-state index is 9.93. The van der Waals surface area contributed by atoms with Gasteiger partial charge in [0.25, 0.3) is 0 Å². The number of rotatable bonds is 11. The quantitative estimate of drug-likeness (QED) is 0.121. The number of anilines is 4. The van der Waals surface area contributed by atoms with Crippen molar-refractivity contribution in [2.45, 2.75) is 40.8 Å². The summed E-state index contributed by atoms with van der Waals surface area (Å²) in [4.78, 5) is 8.98. The van der Waals surface area contributed by atoms with Crippen LogP contribution in [0, 0.1) is 30.3 Å². The Kier molecular flexibility index (Phi) is 8.68. The fraction of sp³-hybridized carbons (Fsp3) is 0.0959. The van der Waals surface area contributed by atoms with Crippen molar-refractivity contribution < 1.29 is 48.8 Å². The molecule has 0 saturated heterocycles. The first-order chi connectivity index (χ1) is 47.0. The normalized spacial score (nSPS) is 16.3. The van der Waals surface area contributed by atoms with E-state index >= 15 is 0 Å². The third-order valence-electron chi connectivity index (χ3n) is 14.7. The molecule has 0 spiro atoms. The molecule has 2 aromatic heterocycles. The summed E-state index contributed by atoms with van der Waals surface area (Å²) < 4.78 is 177. The van der Waals surface area contributed by atoms with Crippen molar-refractivity contribution in [3.8, 4) is 78.6 Å². The van der Waals surface area contributed by atoms with Gasteiger partial charge >= 0.3 is 426 Å². The molecule has 0 fully saturated rings. The second kappa shape index (κ2) is 20.6. The molecule has 10 aromatic carbocycles. The minimum absolute atomic E-state index is 0.0149. The minimum atomic E-state index is -3.11.